The zero-order chi connectivity index (χ0) is 15.5. The van der Waals surface area contributed by atoms with Crippen LogP contribution in [0.1, 0.15) is 33.3 Å². The van der Waals surface area contributed by atoms with E-state index in [2.05, 4.69) is 20.3 Å². The Morgan fingerprint density at radius 3 is 2.86 bits per heavy atom. The molecule has 0 aliphatic heterocycles. The zero-order valence-electron chi connectivity index (χ0n) is 12.7. The Hall–Kier alpha value is -2.37. The minimum absolute atomic E-state index is 0.137. The molecule has 2 aromatic heterocycles. The number of H-pyrrole nitrogens is 1. The fourth-order valence-corrected chi connectivity index (χ4v) is 1.85. The van der Waals surface area contributed by atoms with Crippen LogP contribution in [-0.4, -0.2) is 33.0 Å². The van der Waals surface area contributed by atoms with Crippen LogP contribution in [-0.2, 0) is 4.79 Å². The second-order valence-corrected chi connectivity index (χ2v) is 5.59. The first kappa shape index (κ1) is 15.0. The molecule has 1 amide bonds. The highest BCUT2D eigenvalue weighted by atomic mass is 16.5. The minimum Gasteiger partial charge on any atom is -0.471 e. The summed E-state index contributed by atoms with van der Waals surface area (Å²) in [5.74, 6) is 0.367. The maximum absolute atomic E-state index is 11.5. The standard InChI is InChI=1S/C15H20N4O2/c1-5-16-11(20)7-6-10-8-17-13-12(10)14(19-9-18-13)21-15(2,3)4/h6-9H,5H2,1-4H3,(H,16,20)(H,17,18,19). The SMILES string of the molecule is CCNC(=O)C=Cc1c[nH]c2ncnc(OC(C)(C)C)c12. The van der Waals surface area contributed by atoms with Gasteiger partial charge in [-0.05, 0) is 33.8 Å². The third-order valence-corrected chi connectivity index (χ3v) is 2.63. The number of amides is 1. The Labute approximate surface area is 123 Å². The van der Waals surface area contributed by atoms with Gasteiger partial charge in [0.25, 0.3) is 0 Å². The van der Waals surface area contributed by atoms with Gasteiger partial charge in [-0.15, -0.1) is 0 Å². The van der Waals surface area contributed by atoms with Gasteiger partial charge in [0.1, 0.15) is 17.6 Å². The van der Waals surface area contributed by atoms with E-state index < -0.39 is 0 Å². The summed E-state index contributed by atoms with van der Waals surface area (Å²) < 4.78 is 5.86. The first-order valence-corrected chi connectivity index (χ1v) is 6.87. The van der Waals surface area contributed by atoms with Crippen molar-refractivity contribution < 1.29 is 9.53 Å². The smallest absolute Gasteiger partial charge is 0.243 e. The van der Waals surface area contributed by atoms with Gasteiger partial charge in [-0.3, -0.25) is 4.79 Å². The first-order valence-electron chi connectivity index (χ1n) is 6.87. The molecule has 0 aliphatic carbocycles. The van der Waals surface area contributed by atoms with Crippen LogP contribution in [0.3, 0.4) is 0 Å². The van der Waals surface area contributed by atoms with E-state index in [4.69, 9.17) is 4.74 Å². The predicted molar refractivity (Wildman–Crippen MR) is 82.0 cm³/mol. The average Bonchev–Trinajstić information content (AvgIpc) is 2.79. The topological polar surface area (TPSA) is 79.9 Å². The first-order chi connectivity index (χ1) is 9.90. The second-order valence-electron chi connectivity index (χ2n) is 5.59. The van der Waals surface area contributed by atoms with Crippen LogP contribution >= 0.6 is 0 Å². The molecular weight excluding hydrogens is 268 g/mol. The number of carbonyl (C=O) groups is 1. The number of likely N-dealkylation sites (N-methyl/N-ethyl adjacent to an activating group) is 1. The second kappa shape index (κ2) is 5.95. The van der Waals surface area contributed by atoms with Crippen LogP contribution in [0, 0.1) is 0 Å². The van der Waals surface area contributed by atoms with Crippen molar-refractivity contribution in [1.29, 1.82) is 0 Å². The third kappa shape index (κ3) is 3.81. The van der Waals surface area contributed by atoms with E-state index in [1.54, 1.807) is 12.3 Å². The van der Waals surface area contributed by atoms with Crippen molar-refractivity contribution in [3.8, 4) is 5.88 Å². The lowest BCUT2D eigenvalue weighted by molar-refractivity contribution is -0.116. The maximum Gasteiger partial charge on any atom is 0.243 e. The number of hydrogen-bond donors (Lipinski definition) is 2. The van der Waals surface area contributed by atoms with Crippen molar-refractivity contribution in [3.63, 3.8) is 0 Å². The van der Waals surface area contributed by atoms with Crippen LogP contribution in [0.15, 0.2) is 18.6 Å². The minimum atomic E-state index is -0.362. The van der Waals surface area contributed by atoms with Gasteiger partial charge >= 0.3 is 0 Å². The van der Waals surface area contributed by atoms with Gasteiger partial charge in [-0.25, -0.2) is 9.97 Å². The number of nitrogens with zero attached hydrogens (tertiary/aromatic N) is 2. The van der Waals surface area contributed by atoms with Crippen molar-refractivity contribution in [3.05, 3.63) is 24.2 Å². The number of aromatic amines is 1. The van der Waals surface area contributed by atoms with Gasteiger partial charge in [-0.2, -0.15) is 0 Å². The molecular formula is C15H20N4O2. The van der Waals surface area contributed by atoms with Crippen molar-refractivity contribution in [2.24, 2.45) is 0 Å². The summed E-state index contributed by atoms with van der Waals surface area (Å²) >= 11 is 0. The van der Waals surface area contributed by atoms with Crippen molar-refractivity contribution in [2.75, 3.05) is 6.54 Å². The number of hydrogen-bond acceptors (Lipinski definition) is 4. The molecule has 0 fully saturated rings. The van der Waals surface area contributed by atoms with E-state index in [-0.39, 0.29) is 11.5 Å². The number of ether oxygens (including phenoxy) is 1. The maximum atomic E-state index is 11.5. The van der Waals surface area contributed by atoms with Crippen molar-refractivity contribution >= 4 is 23.0 Å². The molecule has 0 aliphatic rings. The lowest BCUT2D eigenvalue weighted by Gasteiger charge is -2.20. The van der Waals surface area contributed by atoms with E-state index in [0.717, 1.165) is 10.9 Å². The molecule has 0 saturated heterocycles. The Morgan fingerprint density at radius 2 is 2.19 bits per heavy atom. The van der Waals surface area contributed by atoms with Crippen LogP contribution in [0.5, 0.6) is 5.88 Å². The molecule has 2 aromatic rings. The molecule has 2 N–H and O–H groups in total. The van der Waals surface area contributed by atoms with Crippen molar-refractivity contribution in [1.82, 2.24) is 20.3 Å². The van der Waals surface area contributed by atoms with Gasteiger partial charge in [-0.1, -0.05) is 0 Å². The van der Waals surface area contributed by atoms with E-state index in [1.807, 2.05) is 27.7 Å². The number of aromatic nitrogens is 3. The van der Waals surface area contributed by atoms with Gasteiger partial charge in [0.15, 0.2) is 0 Å². The highest BCUT2D eigenvalue weighted by Gasteiger charge is 2.17. The zero-order valence-corrected chi connectivity index (χ0v) is 12.7. The monoisotopic (exact) mass is 288 g/mol. The van der Waals surface area contributed by atoms with E-state index in [1.165, 1.54) is 12.4 Å². The largest absolute Gasteiger partial charge is 0.471 e. The van der Waals surface area contributed by atoms with E-state index in [9.17, 15) is 4.79 Å². The van der Waals surface area contributed by atoms with E-state index in [0.29, 0.717) is 18.1 Å². The fraction of sp³-hybridized carbons (Fsp3) is 0.400. The summed E-state index contributed by atoms with van der Waals surface area (Å²) in [5.41, 5.74) is 1.13. The summed E-state index contributed by atoms with van der Waals surface area (Å²) in [6, 6.07) is 0. The van der Waals surface area contributed by atoms with Crippen LogP contribution < -0.4 is 10.1 Å². The summed E-state index contributed by atoms with van der Waals surface area (Å²) in [4.78, 5) is 22.9. The summed E-state index contributed by atoms with van der Waals surface area (Å²) in [6.07, 6.45) is 6.45. The summed E-state index contributed by atoms with van der Waals surface area (Å²) in [7, 11) is 0. The number of nitrogens with one attached hydrogen (secondary N) is 2. The highest BCUT2D eigenvalue weighted by molar-refractivity contribution is 5.96. The molecule has 0 saturated carbocycles. The molecule has 0 unspecified atom stereocenters. The highest BCUT2D eigenvalue weighted by Crippen LogP contribution is 2.28. The molecule has 0 bridgehead atoms. The summed E-state index contributed by atoms with van der Waals surface area (Å²) in [6.45, 7) is 8.34. The quantitative estimate of drug-likeness (QED) is 0.846. The van der Waals surface area contributed by atoms with Crippen LogP contribution in [0.25, 0.3) is 17.1 Å². The number of rotatable bonds is 4. The Bertz CT molecular complexity index is 668. The molecule has 21 heavy (non-hydrogen) atoms. The molecule has 2 heterocycles. The van der Waals surface area contributed by atoms with Crippen LogP contribution in [0.2, 0.25) is 0 Å². The normalized spacial score (nSPS) is 12.0. The number of fused-ring (bicyclic) bond motifs is 1. The lowest BCUT2D eigenvalue weighted by Crippen LogP contribution is -2.23. The van der Waals surface area contributed by atoms with E-state index >= 15 is 0 Å². The number of carbonyl (C=O) groups excluding carboxylic acids is 1. The molecule has 6 heteroatoms. The molecule has 2 rings (SSSR count). The van der Waals surface area contributed by atoms with Gasteiger partial charge in [0.2, 0.25) is 11.8 Å². The predicted octanol–water partition coefficient (Wildman–Crippen LogP) is 2.28. The molecule has 112 valence electrons. The Balaban J connectivity index is 2.39. The molecule has 0 radical (unpaired) electrons. The molecule has 0 aromatic carbocycles. The van der Waals surface area contributed by atoms with Gasteiger partial charge < -0.3 is 15.0 Å². The van der Waals surface area contributed by atoms with Crippen LogP contribution in [0.4, 0.5) is 0 Å². The molecule has 6 nitrogen and oxygen atoms in total. The summed E-state index contributed by atoms with van der Waals surface area (Å²) in [5, 5.41) is 3.48. The lowest BCUT2D eigenvalue weighted by atomic mass is 10.2. The third-order valence-electron chi connectivity index (χ3n) is 2.63. The van der Waals surface area contributed by atoms with Crippen molar-refractivity contribution in [2.45, 2.75) is 33.3 Å². The van der Waals surface area contributed by atoms with Gasteiger partial charge in [0.05, 0.1) is 5.39 Å². The Kier molecular flexibility index (Phi) is 4.26. The molecule has 0 atom stereocenters. The Morgan fingerprint density at radius 1 is 1.43 bits per heavy atom. The molecule has 0 spiro atoms. The average molecular weight is 288 g/mol. The van der Waals surface area contributed by atoms with Gasteiger partial charge in [0, 0.05) is 24.4 Å². The fourth-order valence-electron chi connectivity index (χ4n) is 1.85.